The Labute approximate surface area is 102 Å². The van der Waals surface area contributed by atoms with Gasteiger partial charge in [-0.25, -0.2) is 4.39 Å². The number of nitrogens with one attached hydrogen (secondary N) is 1. The van der Waals surface area contributed by atoms with Crippen LogP contribution in [0.4, 0.5) is 10.2 Å². The lowest BCUT2D eigenvalue weighted by Gasteiger charge is -1.95. The highest BCUT2D eigenvalue weighted by Crippen LogP contribution is 2.26. The molecular weight excluding hydrogens is 231 g/mol. The molecule has 0 fully saturated rings. The third kappa shape index (κ3) is 1.60. The van der Waals surface area contributed by atoms with E-state index in [1.165, 1.54) is 12.1 Å². The Bertz CT molecular complexity index is 770. The molecule has 0 amide bonds. The van der Waals surface area contributed by atoms with E-state index in [0.29, 0.717) is 22.6 Å². The smallest absolute Gasteiger partial charge is 0.270 e. The van der Waals surface area contributed by atoms with Gasteiger partial charge in [-0.1, -0.05) is 18.7 Å². The van der Waals surface area contributed by atoms with Crippen LogP contribution >= 0.6 is 0 Å². The van der Waals surface area contributed by atoms with E-state index in [2.05, 4.69) is 20.0 Å². The number of aromatic amines is 1. The molecule has 0 radical (unpaired) electrons. The Kier molecular flexibility index (Phi) is 2.27. The Hall–Kier alpha value is -2.74. The number of halogens is 1. The van der Waals surface area contributed by atoms with E-state index in [1.54, 1.807) is 24.3 Å². The molecule has 0 atom stereocenters. The van der Waals surface area contributed by atoms with Gasteiger partial charge >= 0.3 is 0 Å². The summed E-state index contributed by atoms with van der Waals surface area (Å²) >= 11 is 0. The third-order valence-electron chi connectivity index (χ3n) is 2.61. The summed E-state index contributed by atoms with van der Waals surface area (Å²) in [5.41, 5.74) is 2.49. The summed E-state index contributed by atoms with van der Waals surface area (Å²) < 4.78 is 13.2. The van der Waals surface area contributed by atoms with E-state index >= 15 is 0 Å². The van der Waals surface area contributed by atoms with E-state index in [-0.39, 0.29) is 5.82 Å². The van der Waals surface area contributed by atoms with Gasteiger partial charge in [0.25, 0.3) is 5.82 Å². The molecular formula is C13H7FN4. The average molecular weight is 238 g/mol. The van der Waals surface area contributed by atoms with Crippen molar-refractivity contribution in [3.63, 3.8) is 0 Å². The van der Waals surface area contributed by atoms with E-state index < -0.39 is 0 Å². The highest BCUT2D eigenvalue weighted by atomic mass is 19.1. The van der Waals surface area contributed by atoms with E-state index in [4.69, 9.17) is 6.57 Å². The second kappa shape index (κ2) is 3.93. The number of fused-ring (bicyclic) bond motifs is 1. The highest BCUT2D eigenvalue weighted by molar-refractivity contribution is 5.90. The molecule has 5 heteroatoms. The zero-order chi connectivity index (χ0) is 12.5. The van der Waals surface area contributed by atoms with Crippen LogP contribution in [0.2, 0.25) is 0 Å². The van der Waals surface area contributed by atoms with Gasteiger partial charge in [0.1, 0.15) is 17.0 Å². The fourth-order valence-corrected chi connectivity index (χ4v) is 1.79. The normalized spacial score (nSPS) is 10.4. The molecule has 0 saturated heterocycles. The predicted octanol–water partition coefficient (Wildman–Crippen LogP) is 3.31. The Balaban J connectivity index is 2.27. The monoisotopic (exact) mass is 238 g/mol. The van der Waals surface area contributed by atoms with Crippen molar-refractivity contribution in [3.05, 3.63) is 53.6 Å². The summed E-state index contributed by atoms with van der Waals surface area (Å²) in [4.78, 5) is 7.47. The maximum absolute atomic E-state index is 13.2. The van der Waals surface area contributed by atoms with E-state index in [9.17, 15) is 4.39 Å². The van der Waals surface area contributed by atoms with Crippen molar-refractivity contribution in [1.29, 1.82) is 0 Å². The molecule has 86 valence electrons. The van der Waals surface area contributed by atoms with Gasteiger partial charge < -0.3 is 4.85 Å². The molecule has 1 aromatic carbocycles. The number of hydrogen-bond acceptors (Lipinski definition) is 2. The highest BCUT2D eigenvalue weighted by Gasteiger charge is 2.13. The molecule has 18 heavy (non-hydrogen) atoms. The van der Waals surface area contributed by atoms with Crippen LogP contribution in [0.3, 0.4) is 0 Å². The quantitative estimate of drug-likeness (QED) is 0.661. The molecule has 0 bridgehead atoms. The standard InChI is InChI=1S/C13H7FN4/c1-15-11-6-5-10-13(16-11)12(18-17-10)8-3-2-4-9(14)7-8/h2-7H,(H,17,18). The van der Waals surface area contributed by atoms with Crippen molar-refractivity contribution in [2.45, 2.75) is 0 Å². The van der Waals surface area contributed by atoms with Gasteiger partial charge in [0.2, 0.25) is 5.52 Å². The molecule has 0 spiro atoms. The number of rotatable bonds is 1. The minimum absolute atomic E-state index is 0.293. The SMILES string of the molecule is [C-]#[N+]c1ccc2[nH]nc(-c3cccc(F)c3)c2n1. The predicted molar refractivity (Wildman–Crippen MR) is 65.5 cm³/mol. The second-order valence-corrected chi connectivity index (χ2v) is 3.76. The fraction of sp³-hybridized carbons (Fsp3) is 0. The molecule has 3 aromatic rings. The molecule has 4 nitrogen and oxygen atoms in total. The lowest BCUT2D eigenvalue weighted by atomic mass is 10.1. The lowest BCUT2D eigenvalue weighted by Crippen LogP contribution is -1.82. The van der Waals surface area contributed by atoms with Gasteiger partial charge in [-0.05, 0) is 24.3 Å². The van der Waals surface area contributed by atoms with Crippen LogP contribution in [-0.2, 0) is 0 Å². The summed E-state index contributed by atoms with van der Waals surface area (Å²) in [6.45, 7) is 6.95. The van der Waals surface area contributed by atoms with Gasteiger partial charge in [0, 0.05) is 5.56 Å². The van der Waals surface area contributed by atoms with Crippen molar-refractivity contribution < 1.29 is 4.39 Å². The molecule has 2 aromatic heterocycles. The van der Waals surface area contributed by atoms with Gasteiger partial charge in [-0.15, -0.1) is 4.98 Å². The lowest BCUT2D eigenvalue weighted by molar-refractivity contribution is 0.628. The van der Waals surface area contributed by atoms with Crippen molar-refractivity contribution in [2.75, 3.05) is 0 Å². The molecule has 0 aliphatic heterocycles. The largest absolute Gasteiger partial charge is 0.361 e. The van der Waals surface area contributed by atoms with Crippen molar-refractivity contribution in [2.24, 2.45) is 0 Å². The number of H-pyrrole nitrogens is 1. The number of nitrogens with zero attached hydrogens (tertiary/aromatic N) is 3. The number of hydrogen-bond donors (Lipinski definition) is 1. The topological polar surface area (TPSA) is 45.9 Å². The number of aromatic nitrogens is 3. The van der Waals surface area contributed by atoms with Crippen LogP contribution in [0.5, 0.6) is 0 Å². The number of pyridine rings is 1. The summed E-state index contributed by atoms with van der Waals surface area (Å²) in [6, 6.07) is 9.49. The van der Waals surface area contributed by atoms with E-state index in [0.717, 1.165) is 5.52 Å². The molecule has 0 aliphatic rings. The minimum atomic E-state index is -0.329. The first kappa shape index (κ1) is 10.4. The van der Waals surface area contributed by atoms with Gasteiger partial charge in [-0.3, -0.25) is 5.10 Å². The first-order valence-electron chi connectivity index (χ1n) is 5.26. The third-order valence-corrected chi connectivity index (χ3v) is 2.61. The van der Waals surface area contributed by atoms with Gasteiger partial charge in [-0.2, -0.15) is 5.10 Å². The molecule has 0 saturated carbocycles. The zero-order valence-electron chi connectivity index (χ0n) is 9.18. The minimum Gasteiger partial charge on any atom is -0.361 e. The molecule has 1 N–H and O–H groups in total. The van der Waals surface area contributed by atoms with Crippen molar-refractivity contribution >= 4 is 16.9 Å². The van der Waals surface area contributed by atoms with Gasteiger partial charge in [0.05, 0.1) is 0 Å². The summed E-state index contributed by atoms with van der Waals surface area (Å²) in [6.07, 6.45) is 0. The maximum Gasteiger partial charge on any atom is 0.270 e. The fourth-order valence-electron chi connectivity index (χ4n) is 1.79. The molecule has 3 rings (SSSR count). The van der Waals surface area contributed by atoms with Crippen molar-refractivity contribution in [1.82, 2.24) is 15.2 Å². The molecule has 2 heterocycles. The Morgan fingerprint density at radius 3 is 2.89 bits per heavy atom. The first-order valence-corrected chi connectivity index (χ1v) is 5.26. The van der Waals surface area contributed by atoms with E-state index in [1.807, 2.05) is 0 Å². The van der Waals surface area contributed by atoms with Crippen LogP contribution < -0.4 is 0 Å². The van der Waals surface area contributed by atoms with Crippen LogP contribution in [0, 0.1) is 12.4 Å². The van der Waals surface area contributed by atoms with Crippen molar-refractivity contribution in [3.8, 4) is 11.3 Å². The number of benzene rings is 1. The summed E-state index contributed by atoms with van der Waals surface area (Å²) in [5.74, 6) is -0.0356. The van der Waals surface area contributed by atoms with Crippen LogP contribution in [0.25, 0.3) is 27.1 Å². The van der Waals surface area contributed by atoms with Gasteiger partial charge in [0.15, 0.2) is 0 Å². The molecule has 0 unspecified atom stereocenters. The zero-order valence-corrected chi connectivity index (χ0v) is 9.18. The maximum atomic E-state index is 13.2. The summed E-state index contributed by atoms with van der Waals surface area (Å²) in [7, 11) is 0. The second-order valence-electron chi connectivity index (χ2n) is 3.76. The molecule has 0 aliphatic carbocycles. The summed E-state index contributed by atoms with van der Waals surface area (Å²) in [5, 5.41) is 6.94. The van der Waals surface area contributed by atoms with Crippen LogP contribution in [0.15, 0.2) is 36.4 Å². The Morgan fingerprint density at radius 2 is 2.11 bits per heavy atom. The Morgan fingerprint density at radius 1 is 1.22 bits per heavy atom. The van der Waals surface area contributed by atoms with Crippen LogP contribution in [-0.4, -0.2) is 15.2 Å². The first-order chi connectivity index (χ1) is 8.78. The average Bonchev–Trinajstić information content (AvgIpc) is 2.81. The van der Waals surface area contributed by atoms with Crippen LogP contribution in [0.1, 0.15) is 0 Å².